The molecule has 2 fully saturated rings. The second-order valence-corrected chi connectivity index (χ2v) is 7.51. The van der Waals surface area contributed by atoms with Crippen LogP contribution in [0.5, 0.6) is 0 Å². The Balaban J connectivity index is 1.28. The van der Waals surface area contributed by atoms with E-state index in [0.717, 1.165) is 12.2 Å². The predicted molar refractivity (Wildman–Crippen MR) is 93.8 cm³/mol. The van der Waals surface area contributed by atoms with Crippen molar-refractivity contribution in [1.29, 1.82) is 0 Å². The Hall–Kier alpha value is -2.17. The highest BCUT2D eigenvalue weighted by Gasteiger charge is 2.40. The highest BCUT2D eigenvalue weighted by atomic mass is 16.5. The number of hydrogen-bond acceptors (Lipinski definition) is 4. The van der Waals surface area contributed by atoms with Gasteiger partial charge in [-0.15, -0.1) is 0 Å². The van der Waals surface area contributed by atoms with Gasteiger partial charge in [0.05, 0.1) is 6.04 Å². The van der Waals surface area contributed by atoms with E-state index in [-0.39, 0.29) is 11.9 Å². The van der Waals surface area contributed by atoms with Crippen molar-refractivity contribution >= 4 is 5.91 Å². The van der Waals surface area contributed by atoms with Gasteiger partial charge in [0.2, 0.25) is 11.8 Å². The van der Waals surface area contributed by atoms with Gasteiger partial charge in [-0.05, 0) is 43.1 Å². The number of rotatable bonds is 8. The van der Waals surface area contributed by atoms with Gasteiger partial charge in [-0.1, -0.05) is 42.4 Å². The van der Waals surface area contributed by atoms with E-state index in [4.69, 9.17) is 4.52 Å². The molecule has 0 bridgehead atoms. The lowest BCUT2D eigenvalue weighted by molar-refractivity contribution is -0.122. The number of carbonyl (C=O) groups is 1. The standard InChI is InChI=1S/C20H25N3O2/c1-13-12-16(13)19(14-6-3-2-4-7-14)21-17(24)8-5-9-18-22-20(23-25-18)15-10-11-15/h2-4,6-7,13,15-16,19H,5,8-12H2,1H3,(H,21,24)/t13-,16-,19-/m1/s1. The summed E-state index contributed by atoms with van der Waals surface area (Å²) in [4.78, 5) is 16.8. The molecule has 0 spiro atoms. The number of aryl methyl sites for hydroxylation is 1. The van der Waals surface area contributed by atoms with E-state index < -0.39 is 0 Å². The van der Waals surface area contributed by atoms with Crippen LogP contribution in [-0.4, -0.2) is 16.0 Å². The lowest BCUT2D eigenvalue weighted by Gasteiger charge is -2.19. The van der Waals surface area contributed by atoms with E-state index in [9.17, 15) is 4.79 Å². The minimum absolute atomic E-state index is 0.106. The van der Waals surface area contributed by atoms with Crippen molar-refractivity contribution in [2.24, 2.45) is 11.8 Å². The molecule has 0 radical (unpaired) electrons. The summed E-state index contributed by atoms with van der Waals surface area (Å²) >= 11 is 0. The summed E-state index contributed by atoms with van der Waals surface area (Å²) in [5.74, 6) is 3.35. The minimum Gasteiger partial charge on any atom is -0.349 e. The molecule has 2 aliphatic carbocycles. The van der Waals surface area contributed by atoms with Gasteiger partial charge in [0, 0.05) is 18.8 Å². The van der Waals surface area contributed by atoms with Crippen molar-refractivity contribution in [1.82, 2.24) is 15.5 Å². The van der Waals surface area contributed by atoms with E-state index in [1.165, 1.54) is 24.8 Å². The molecular formula is C20H25N3O2. The maximum atomic E-state index is 12.4. The monoisotopic (exact) mass is 339 g/mol. The van der Waals surface area contributed by atoms with Gasteiger partial charge < -0.3 is 9.84 Å². The molecule has 0 saturated heterocycles. The van der Waals surface area contributed by atoms with Crippen LogP contribution >= 0.6 is 0 Å². The van der Waals surface area contributed by atoms with Crippen LogP contribution in [0.4, 0.5) is 0 Å². The normalized spacial score (nSPS) is 23.2. The Morgan fingerprint density at radius 3 is 2.76 bits per heavy atom. The molecule has 0 unspecified atom stereocenters. The van der Waals surface area contributed by atoms with Crippen molar-refractivity contribution < 1.29 is 9.32 Å². The third-order valence-corrected chi connectivity index (χ3v) is 5.30. The third kappa shape index (κ3) is 4.09. The number of benzene rings is 1. The molecular weight excluding hydrogens is 314 g/mol. The average molecular weight is 339 g/mol. The van der Waals surface area contributed by atoms with Crippen molar-refractivity contribution in [2.45, 2.75) is 57.4 Å². The molecule has 1 N–H and O–H groups in total. The van der Waals surface area contributed by atoms with Gasteiger partial charge in [-0.2, -0.15) is 4.98 Å². The topological polar surface area (TPSA) is 68.0 Å². The molecule has 132 valence electrons. The number of carbonyl (C=O) groups excluding carboxylic acids is 1. The summed E-state index contributed by atoms with van der Waals surface area (Å²) in [6, 6.07) is 10.4. The van der Waals surface area contributed by atoms with E-state index in [0.29, 0.717) is 36.5 Å². The van der Waals surface area contributed by atoms with Crippen molar-refractivity contribution in [3.8, 4) is 0 Å². The molecule has 4 rings (SSSR count). The summed E-state index contributed by atoms with van der Waals surface area (Å²) in [6.07, 6.45) is 5.42. The first-order chi connectivity index (χ1) is 12.2. The number of nitrogens with one attached hydrogen (secondary N) is 1. The van der Waals surface area contributed by atoms with Crippen molar-refractivity contribution in [3.63, 3.8) is 0 Å². The quantitative estimate of drug-likeness (QED) is 0.794. The van der Waals surface area contributed by atoms with Gasteiger partial charge in [0.15, 0.2) is 5.82 Å². The van der Waals surface area contributed by atoms with Crippen molar-refractivity contribution in [3.05, 3.63) is 47.6 Å². The molecule has 5 nitrogen and oxygen atoms in total. The van der Waals surface area contributed by atoms with Crippen molar-refractivity contribution in [2.75, 3.05) is 0 Å². The van der Waals surface area contributed by atoms with E-state index in [2.05, 4.69) is 34.5 Å². The van der Waals surface area contributed by atoms with E-state index in [1.807, 2.05) is 18.2 Å². The molecule has 1 aromatic heterocycles. The molecule has 2 aromatic rings. The van der Waals surface area contributed by atoms with E-state index >= 15 is 0 Å². The Bertz CT molecular complexity index is 724. The number of aromatic nitrogens is 2. The Labute approximate surface area is 148 Å². The van der Waals surface area contributed by atoms with Crippen LogP contribution in [0, 0.1) is 11.8 Å². The number of hydrogen-bond donors (Lipinski definition) is 1. The van der Waals surface area contributed by atoms with Gasteiger partial charge in [0.1, 0.15) is 0 Å². The molecule has 1 aromatic carbocycles. The zero-order chi connectivity index (χ0) is 17.2. The largest absolute Gasteiger partial charge is 0.349 e. The predicted octanol–water partition coefficient (Wildman–Crippen LogP) is 3.78. The van der Waals surface area contributed by atoms with Crippen LogP contribution in [0.25, 0.3) is 0 Å². The van der Waals surface area contributed by atoms with Crippen LogP contribution < -0.4 is 5.32 Å². The second-order valence-electron chi connectivity index (χ2n) is 7.51. The van der Waals surface area contributed by atoms with Crippen LogP contribution in [0.3, 0.4) is 0 Å². The summed E-state index contributed by atoms with van der Waals surface area (Å²) in [5.41, 5.74) is 1.20. The highest BCUT2D eigenvalue weighted by molar-refractivity contribution is 5.76. The molecule has 1 heterocycles. The second kappa shape index (κ2) is 6.98. The molecule has 0 aliphatic heterocycles. The summed E-state index contributed by atoms with van der Waals surface area (Å²) in [7, 11) is 0. The Morgan fingerprint density at radius 1 is 1.32 bits per heavy atom. The molecule has 25 heavy (non-hydrogen) atoms. The third-order valence-electron chi connectivity index (χ3n) is 5.30. The minimum atomic E-state index is 0.106. The summed E-state index contributed by atoms with van der Waals surface area (Å²) < 4.78 is 5.27. The molecule has 3 atom stereocenters. The summed E-state index contributed by atoms with van der Waals surface area (Å²) in [6.45, 7) is 2.25. The van der Waals surface area contributed by atoms with Crippen LogP contribution in [0.1, 0.15) is 68.3 Å². The molecule has 2 saturated carbocycles. The first kappa shape index (κ1) is 16.3. The van der Waals surface area contributed by atoms with Gasteiger partial charge in [-0.25, -0.2) is 0 Å². The lowest BCUT2D eigenvalue weighted by atomic mass is 10.0. The van der Waals surface area contributed by atoms with Gasteiger partial charge in [0.25, 0.3) is 0 Å². The zero-order valence-corrected chi connectivity index (χ0v) is 14.6. The smallest absolute Gasteiger partial charge is 0.226 e. The number of amides is 1. The molecule has 1 amide bonds. The maximum Gasteiger partial charge on any atom is 0.226 e. The molecule has 2 aliphatic rings. The fraction of sp³-hybridized carbons (Fsp3) is 0.550. The fourth-order valence-electron chi connectivity index (χ4n) is 3.44. The first-order valence-corrected chi connectivity index (χ1v) is 9.37. The average Bonchev–Trinajstić information content (AvgIpc) is 3.54. The van der Waals surface area contributed by atoms with Gasteiger partial charge in [-0.3, -0.25) is 4.79 Å². The maximum absolute atomic E-state index is 12.4. The van der Waals surface area contributed by atoms with Crippen LogP contribution in [-0.2, 0) is 11.2 Å². The Kier molecular flexibility index (Phi) is 4.55. The Morgan fingerprint density at radius 2 is 2.08 bits per heavy atom. The van der Waals surface area contributed by atoms with Crippen LogP contribution in [0.2, 0.25) is 0 Å². The zero-order valence-electron chi connectivity index (χ0n) is 14.6. The summed E-state index contributed by atoms with van der Waals surface area (Å²) in [5, 5.41) is 7.26. The van der Waals surface area contributed by atoms with Crippen LogP contribution in [0.15, 0.2) is 34.9 Å². The van der Waals surface area contributed by atoms with E-state index in [1.54, 1.807) is 0 Å². The first-order valence-electron chi connectivity index (χ1n) is 9.37. The highest BCUT2D eigenvalue weighted by Crippen LogP contribution is 2.47. The SMILES string of the molecule is C[C@@H]1C[C@H]1[C@H](NC(=O)CCCc1nc(C2CC2)no1)c1ccccc1. The lowest BCUT2D eigenvalue weighted by Crippen LogP contribution is -2.30. The number of nitrogens with zero attached hydrogens (tertiary/aromatic N) is 2. The molecule has 5 heteroatoms. The van der Waals surface area contributed by atoms with Gasteiger partial charge >= 0.3 is 0 Å². The fourth-order valence-corrected chi connectivity index (χ4v) is 3.44.